The molecule has 26 heavy (non-hydrogen) atoms. The number of fused-ring (bicyclic) bond motifs is 2. The van der Waals surface area contributed by atoms with Gasteiger partial charge in [-0.25, -0.2) is 0 Å². The summed E-state index contributed by atoms with van der Waals surface area (Å²) in [6.07, 6.45) is 8.92. The second-order valence-electron chi connectivity index (χ2n) is 7.29. The highest BCUT2D eigenvalue weighted by Crippen LogP contribution is 2.38. The second-order valence-corrected chi connectivity index (χ2v) is 7.29. The first kappa shape index (κ1) is 14.1. The van der Waals surface area contributed by atoms with Crippen LogP contribution in [-0.4, -0.2) is 19.6 Å². The van der Waals surface area contributed by atoms with Crippen molar-refractivity contribution in [1.82, 2.24) is 19.6 Å². The topological polar surface area (TPSA) is 13.0 Å². The van der Waals surface area contributed by atoms with Crippen molar-refractivity contribution in [1.29, 1.82) is 0 Å². The Morgan fingerprint density at radius 2 is 0.692 bits per heavy atom. The molecule has 0 saturated heterocycles. The van der Waals surface area contributed by atoms with Gasteiger partial charge in [-0.15, -0.1) is 0 Å². The molecule has 4 aliphatic rings. The molecule has 4 aliphatic heterocycles. The summed E-state index contributed by atoms with van der Waals surface area (Å²) in [6.45, 7) is 3.69. The molecule has 0 aliphatic carbocycles. The molecule has 0 radical (unpaired) electrons. The first-order valence-corrected chi connectivity index (χ1v) is 9.18. The molecule has 2 aromatic carbocycles. The molecule has 0 amide bonds. The van der Waals surface area contributed by atoms with Gasteiger partial charge in [-0.1, -0.05) is 48.5 Å². The van der Waals surface area contributed by atoms with Crippen molar-refractivity contribution in [3.05, 3.63) is 107 Å². The summed E-state index contributed by atoms with van der Waals surface area (Å²) in [4.78, 5) is 9.59. The molecule has 128 valence electrons. The Kier molecular flexibility index (Phi) is 2.80. The van der Waals surface area contributed by atoms with Gasteiger partial charge in [-0.05, 0) is 22.3 Å². The van der Waals surface area contributed by atoms with Gasteiger partial charge in [-0.2, -0.15) is 0 Å². The van der Waals surface area contributed by atoms with Gasteiger partial charge in [0.1, 0.15) is 0 Å². The second kappa shape index (κ2) is 5.18. The summed E-state index contributed by atoms with van der Waals surface area (Å²) in [5.74, 6) is 2.58. The summed E-state index contributed by atoms with van der Waals surface area (Å²) in [5.41, 5.74) is 5.61. The average molecular weight is 340 g/mol. The zero-order valence-corrected chi connectivity index (χ0v) is 14.5. The summed E-state index contributed by atoms with van der Waals surface area (Å²) in [5, 5.41) is 0. The standard InChI is InChI=1S/C22H20N4/c1-2-6-18-14-24-11-12-26-16-20-8-4-3-7-19(20)15-25-10-9-23(13-17(18)5-1)21(25)22(24)26/h1-12H,13-16H2. The molecule has 0 N–H and O–H groups in total. The van der Waals surface area contributed by atoms with Crippen LogP contribution < -0.4 is 0 Å². The minimum atomic E-state index is 0.922. The van der Waals surface area contributed by atoms with Crippen LogP contribution in [0.5, 0.6) is 0 Å². The molecule has 0 saturated carbocycles. The minimum absolute atomic E-state index is 0.922. The van der Waals surface area contributed by atoms with Gasteiger partial charge in [0.05, 0.1) is 0 Å². The zero-order valence-electron chi connectivity index (χ0n) is 14.5. The van der Waals surface area contributed by atoms with Crippen molar-refractivity contribution in [2.75, 3.05) is 0 Å². The lowest BCUT2D eigenvalue weighted by molar-refractivity contribution is 0.248. The minimum Gasteiger partial charge on any atom is -0.325 e. The van der Waals surface area contributed by atoms with E-state index in [-0.39, 0.29) is 0 Å². The fourth-order valence-electron chi connectivity index (χ4n) is 4.42. The Morgan fingerprint density at radius 3 is 0.962 bits per heavy atom. The van der Waals surface area contributed by atoms with Gasteiger partial charge in [-0.3, -0.25) is 0 Å². The van der Waals surface area contributed by atoms with E-state index in [1.54, 1.807) is 0 Å². The third-order valence-electron chi connectivity index (χ3n) is 5.74. The number of rotatable bonds is 0. The molecule has 0 bridgehead atoms. The summed E-state index contributed by atoms with van der Waals surface area (Å²) in [6, 6.07) is 17.6. The maximum atomic E-state index is 2.40. The summed E-state index contributed by atoms with van der Waals surface area (Å²) < 4.78 is 0. The van der Waals surface area contributed by atoms with Crippen LogP contribution >= 0.6 is 0 Å². The SMILES string of the molecule is C1=CN2Cc3ccccc3CN3C=CN4Cc5ccccc5CN1C2=C43. The molecule has 0 spiro atoms. The van der Waals surface area contributed by atoms with Crippen molar-refractivity contribution in [2.45, 2.75) is 26.2 Å². The highest BCUT2D eigenvalue weighted by molar-refractivity contribution is 5.38. The van der Waals surface area contributed by atoms with Crippen LogP contribution in [0.25, 0.3) is 0 Å². The van der Waals surface area contributed by atoms with Crippen LogP contribution in [0.4, 0.5) is 0 Å². The summed E-state index contributed by atoms with van der Waals surface area (Å²) in [7, 11) is 0. The van der Waals surface area contributed by atoms with Crippen LogP contribution in [-0.2, 0) is 26.2 Å². The van der Waals surface area contributed by atoms with Gasteiger partial charge >= 0.3 is 0 Å². The van der Waals surface area contributed by atoms with Crippen molar-refractivity contribution < 1.29 is 0 Å². The third kappa shape index (κ3) is 1.96. The number of hydrogen-bond acceptors (Lipinski definition) is 4. The van der Waals surface area contributed by atoms with Gasteiger partial charge in [0, 0.05) is 51.0 Å². The van der Waals surface area contributed by atoms with Crippen LogP contribution in [0.3, 0.4) is 0 Å². The molecular weight excluding hydrogens is 320 g/mol. The maximum absolute atomic E-state index is 2.40. The number of nitrogens with zero attached hydrogens (tertiary/aromatic N) is 4. The molecule has 6 rings (SSSR count). The molecule has 2 aromatic rings. The molecule has 0 unspecified atom stereocenters. The van der Waals surface area contributed by atoms with Gasteiger partial charge in [0.25, 0.3) is 0 Å². The van der Waals surface area contributed by atoms with E-state index < -0.39 is 0 Å². The summed E-state index contributed by atoms with van der Waals surface area (Å²) >= 11 is 0. The molecule has 4 heterocycles. The molecule has 0 atom stereocenters. The fourth-order valence-corrected chi connectivity index (χ4v) is 4.42. The van der Waals surface area contributed by atoms with E-state index in [9.17, 15) is 0 Å². The smallest absolute Gasteiger partial charge is 0.155 e. The van der Waals surface area contributed by atoms with Crippen molar-refractivity contribution in [2.24, 2.45) is 0 Å². The first-order valence-electron chi connectivity index (χ1n) is 9.18. The van der Waals surface area contributed by atoms with E-state index in [1.807, 2.05) is 0 Å². The predicted octanol–water partition coefficient (Wildman–Crippen LogP) is 3.72. The normalized spacial score (nSPS) is 19.7. The lowest BCUT2D eigenvalue weighted by atomic mass is 10.0. The quantitative estimate of drug-likeness (QED) is 0.725. The van der Waals surface area contributed by atoms with E-state index >= 15 is 0 Å². The van der Waals surface area contributed by atoms with E-state index in [4.69, 9.17) is 0 Å². The molecular formula is C22H20N4. The average Bonchev–Trinajstić information content (AvgIpc) is 3.17. The Morgan fingerprint density at radius 1 is 0.423 bits per heavy atom. The maximum Gasteiger partial charge on any atom is 0.155 e. The first-order chi connectivity index (χ1) is 12.9. The lowest BCUT2D eigenvalue weighted by Crippen LogP contribution is -2.36. The van der Waals surface area contributed by atoms with Crippen LogP contribution in [0.2, 0.25) is 0 Å². The van der Waals surface area contributed by atoms with Gasteiger partial charge < -0.3 is 19.6 Å². The van der Waals surface area contributed by atoms with Crippen LogP contribution in [0, 0.1) is 0 Å². The van der Waals surface area contributed by atoms with E-state index in [1.165, 1.54) is 33.9 Å². The lowest BCUT2D eigenvalue weighted by Gasteiger charge is -2.38. The van der Waals surface area contributed by atoms with E-state index in [0.717, 1.165) is 26.2 Å². The monoisotopic (exact) mass is 340 g/mol. The molecule has 0 fully saturated rings. The number of hydrogen-bond donors (Lipinski definition) is 0. The Labute approximate surface area is 153 Å². The Bertz CT molecular complexity index is 834. The molecule has 4 heteroatoms. The van der Waals surface area contributed by atoms with Crippen molar-refractivity contribution >= 4 is 0 Å². The predicted molar refractivity (Wildman–Crippen MR) is 100 cm³/mol. The molecule has 0 aromatic heterocycles. The fraction of sp³-hybridized carbons (Fsp3) is 0.182. The Hall–Kier alpha value is -3.14. The highest BCUT2D eigenvalue weighted by Gasteiger charge is 2.35. The zero-order chi connectivity index (χ0) is 17.1. The van der Waals surface area contributed by atoms with Crippen LogP contribution in [0.15, 0.2) is 85.0 Å². The highest BCUT2D eigenvalue weighted by atomic mass is 15.5. The van der Waals surface area contributed by atoms with Gasteiger partial charge in [0.2, 0.25) is 0 Å². The third-order valence-corrected chi connectivity index (χ3v) is 5.74. The van der Waals surface area contributed by atoms with Crippen molar-refractivity contribution in [3.8, 4) is 0 Å². The van der Waals surface area contributed by atoms with E-state index in [2.05, 4.69) is 92.9 Å². The number of benzene rings is 2. The van der Waals surface area contributed by atoms with Gasteiger partial charge in [0.15, 0.2) is 11.6 Å². The van der Waals surface area contributed by atoms with E-state index in [0.29, 0.717) is 0 Å². The van der Waals surface area contributed by atoms with Crippen LogP contribution in [0.1, 0.15) is 22.3 Å². The Balaban J connectivity index is 1.52. The molecule has 4 nitrogen and oxygen atoms in total. The largest absolute Gasteiger partial charge is 0.325 e. The van der Waals surface area contributed by atoms with Crippen molar-refractivity contribution in [3.63, 3.8) is 0 Å².